The number of nitrogens with two attached hydrogens (primary N) is 1. The van der Waals surface area contributed by atoms with Gasteiger partial charge < -0.3 is 20.9 Å². The van der Waals surface area contributed by atoms with Crippen molar-refractivity contribution in [2.75, 3.05) is 0 Å². The van der Waals surface area contributed by atoms with Gasteiger partial charge in [-0.25, -0.2) is 4.39 Å². The quantitative estimate of drug-likeness (QED) is 0.635. The maximum atomic E-state index is 12.9. The molecule has 1 atom stereocenters. The van der Waals surface area contributed by atoms with Crippen molar-refractivity contribution in [2.24, 2.45) is 5.73 Å². The van der Waals surface area contributed by atoms with E-state index in [1.54, 1.807) is 37.3 Å². The molecule has 7 heteroatoms. The standard InChI is InChI=1S/C19H21FN2O4/c1-12(19(21)25)22-10-14-4-7-17(8-15(14)9-18(23)24)26-11-13-2-5-16(20)6-3-13/h2-8,12,22H,9-11H2,1H3,(H2,21,25)(H,23,24)/t12-/m0/s1. The lowest BCUT2D eigenvalue weighted by molar-refractivity contribution is -0.136. The van der Waals surface area contributed by atoms with E-state index in [0.29, 0.717) is 17.9 Å². The molecule has 0 aliphatic heterocycles. The summed E-state index contributed by atoms with van der Waals surface area (Å²) in [5, 5.41) is 12.1. The molecular weight excluding hydrogens is 339 g/mol. The van der Waals surface area contributed by atoms with E-state index in [1.807, 2.05) is 0 Å². The third-order valence-electron chi connectivity index (χ3n) is 3.86. The first kappa shape index (κ1) is 19.4. The van der Waals surface area contributed by atoms with Gasteiger partial charge in [0.1, 0.15) is 18.2 Å². The number of carbonyl (C=O) groups excluding carboxylic acids is 1. The predicted molar refractivity (Wildman–Crippen MR) is 94.0 cm³/mol. The Labute approximate surface area is 150 Å². The Balaban J connectivity index is 2.09. The second kappa shape index (κ2) is 8.96. The third-order valence-corrected chi connectivity index (χ3v) is 3.86. The van der Waals surface area contributed by atoms with Crippen LogP contribution in [0.2, 0.25) is 0 Å². The first-order valence-electron chi connectivity index (χ1n) is 8.08. The maximum Gasteiger partial charge on any atom is 0.307 e. The van der Waals surface area contributed by atoms with Gasteiger partial charge in [-0.3, -0.25) is 9.59 Å². The van der Waals surface area contributed by atoms with E-state index in [1.165, 1.54) is 12.1 Å². The number of nitrogens with one attached hydrogen (secondary N) is 1. The highest BCUT2D eigenvalue weighted by molar-refractivity contribution is 5.79. The zero-order valence-electron chi connectivity index (χ0n) is 14.4. The minimum Gasteiger partial charge on any atom is -0.489 e. The summed E-state index contributed by atoms with van der Waals surface area (Å²) in [6, 6.07) is 10.5. The van der Waals surface area contributed by atoms with Crippen molar-refractivity contribution in [3.8, 4) is 5.75 Å². The number of carboxylic acid groups (broad SMARTS) is 1. The summed E-state index contributed by atoms with van der Waals surface area (Å²) in [6.07, 6.45) is -0.171. The molecule has 0 radical (unpaired) electrons. The Morgan fingerprint density at radius 1 is 1.19 bits per heavy atom. The first-order valence-corrected chi connectivity index (χ1v) is 8.08. The molecule has 138 valence electrons. The number of carboxylic acids is 1. The van der Waals surface area contributed by atoms with E-state index in [9.17, 15) is 14.0 Å². The fourth-order valence-electron chi connectivity index (χ4n) is 2.30. The number of hydrogen-bond acceptors (Lipinski definition) is 4. The van der Waals surface area contributed by atoms with Gasteiger partial charge in [0.2, 0.25) is 5.91 Å². The van der Waals surface area contributed by atoms with Crippen molar-refractivity contribution in [1.29, 1.82) is 0 Å². The molecule has 2 aromatic rings. The van der Waals surface area contributed by atoms with Crippen molar-refractivity contribution in [3.05, 3.63) is 65.0 Å². The molecule has 4 N–H and O–H groups in total. The Bertz CT molecular complexity index is 778. The fourth-order valence-corrected chi connectivity index (χ4v) is 2.30. The van der Waals surface area contributed by atoms with Crippen molar-refractivity contribution >= 4 is 11.9 Å². The van der Waals surface area contributed by atoms with E-state index in [4.69, 9.17) is 15.6 Å². The Morgan fingerprint density at radius 2 is 1.88 bits per heavy atom. The molecular formula is C19H21FN2O4. The summed E-state index contributed by atoms with van der Waals surface area (Å²) >= 11 is 0. The summed E-state index contributed by atoms with van der Waals surface area (Å²) in [5.74, 6) is -1.26. The van der Waals surface area contributed by atoms with Gasteiger partial charge in [-0.2, -0.15) is 0 Å². The van der Waals surface area contributed by atoms with Crippen LogP contribution in [0.4, 0.5) is 4.39 Å². The fraction of sp³-hybridized carbons (Fsp3) is 0.263. The molecule has 0 aliphatic rings. The number of halogens is 1. The molecule has 0 saturated heterocycles. The largest absolute Gasteiger partial charge is 0.489 e. The molecule has 0 fully saturated rings. The lowest BCUT2D eigenvalue weighted by atomic mass is 10.0. The van der Waals surface area contributed by atoms with Crippen LogP contribution in [-0.2, 0) is 29.2 Å². The zero-order chi connectivity index (χ0) is 19.1. The number of hydrogen-bond donors (Lipinski definition) is 3. The van der Waals surface area contributed by atoms with Crippen LogP contribution in [0.5, 0.6) is 5.75 Å². The number of ether oxygens (including phenoxy) is 1. The molecule has 0 aliphatic carbocycles. The molecule has 0 bridgehead atoms. The van der Waals surface area contributed by atoms with Crippen LogP contribution in [0.1, 0.15) is 23.6 Å². The summed E-state index contributed by atoms with van der Waals surface area (Å²) in [4.78, 5) is 22.2. The maximum absolute atomic E-state index is 12.9. The van der Waals surface area contributed by atoms with Gasteiger partial charge in [0, 0.05) is 6.54 Å². The van der Waals surface area contributed by atoms with Crippen molar-refractivity contribution in [1.82, 2.24) is 5.32 Å². The van der Waals surface area contributed by atoms with Crippen molar-refractivity contribution in [2.45, 2.75) is 32.5 Å². The average molecular weight is 360 g/mol. The van der Waals surface area contributed by atoms with Gasteiger partial charge in [-0.1, -0.05) is 18.2 Å². The summed E-state index contributed by atoms with van der Waals surface area (Å²) in [7, 11) is 0. The molecule has 0 spiro atoms. The van der Waals surface area contributed by atoms with Crippen molar-refractivity contribution < 1.29 is 23.8 Å². The zero-order valence-corrected chi connectivity index (χ0v) is 14.4. The van der Waals surface area contributed by atoms with Crippen LogP contribution in [0, 0.1) is 5.82 Å². The Kier molecular flexibility index (Phi) is 6.68. The number of aliphatic carboxylic acids is 1. The van der Waals surface area contributed by atoms with Crippen LogP contribution in [-0.4, -0.2) is 23.0 Å². The third kappa shape index (κ3) is 5.86. The summed E-state index contributed by atoms with van der Waals surface area (Å²) in [5.41, 5.74) is 7.33. The smallest absolute Gasteiger partial charge is 0.307 e. The van der Waals surface area contributed by atoms with E-state index >= 15 is 0 Å². The van der Waals surface area contributed by atoms with Crippen LogP contribution in [0.15, 0.2) is 42.5 Å². The minimum absolute atomic E-state index is 0.171. The van der Waals surface area contributed by atoms with E-state index in [0.717, 1.165) is 11.1 Å². The minimum atomic E-state index is -0.968. The molecule has 0 saturated carbocycles. The van der Waals surface area contributed by atoms with Crippen molar-refractivity contribution in [3.63, 3.8) is 0 Å². The molecule has 0 heterocycles. The van der Waals surface area contributed by atoms with Gasteiger partial charge in [0.05, 0.1) is 12.5 Å². The molecule has 1 amide bonds. The van der Waals surface area contributed by atoms with Crippen LogP contribution >= 0.6 is 0 Å². The lowest BCUT2D eigenvalue weighted by Crippen LogP contribution is -2.38. The first-order chi connectivity index (χ1) is 12.3. The monoisotopic (exact) mass is 360 g/mol. The van der Waals surface area contributed by atoms with Gasteiger partial charge in [-0.05, 0) is 47.9 Å². The number of carbonyl (C=O) groups is 2. The van der Waals surface area contributed by atoms with E-state index in [-0.39, 0.29) is 18.8 Å². The molecule has 0 unspecified atom stereocenters. The predicted octanol–water partition coefficient (Wildman–Crippen LogP) is 2.00. The van der Waals surface area contributed by atoms with Crippen LogP contribution in [0.3, 0.4) is 0 Å². The second-order valence-electron chi connectivity index (χ2n) is 5.92. The number of amides is 1. The number of rotatable bonds is 9. The van der Waals surface area contributed by atoms with Gasteiger partial charge in [0.15, 0.2) is 0 Å². The molecule has 2 aromatic carbocycles. The lowest BCUT2D eigenvalue weighted by Gasteiger charge is -2.14. The second-order valence-corrected chi connectivity index (χ2v) is 5.92. The highest BCUT2D eigenvalue weighted by atomic mass is 19.1. The van der Waals surface area contributed by atoms with Gasteiger partial charge >= 0.3 is 5.97 Å². The number of benzene rings is 2. The molecule has 0 aromatic heterocycles. The Hall–Kier alpha value is -2.93. The van der Waals surface area contributed by atoms with Crippen LogP contribution in [0.25, 0.3) is 0 Å². The molecule has 6 nitrogen and oxygen atoms in total. The van der Waals surface area contributed by atoms with Gasteiger partial charge in [-0.15, -0.1) is 0 Å². The topological polar surface area (TPSA) is 102 Å². The van der Waals surface area contributed by atoms with Gasteiger partial charge in [0.25, 0.3) is 0 Å². The Morgan fingerprint density at radius 3 is 2.50 bits per heavy atom. The van der Waals surface area contributed by atoms with E-state index < -0.39 is 17.9 Å². The summed E-state index contributed by atoms with van der Waals surface area (Å²) < 4.78 is 18.6. The SMILES string of the molecule is C[C@H](NCc1ccc(OCc2ccc(F)cc2)cc1CC(=O)O)C(N)=O. The number of primary amides is 1. The van der Waals surface area contributed by atoms with E-state index in [2.05, 4.69) is 5.32 Å². The highest BCUT2D eigenvalue weighted by Gasteiger charge is 2.12. The van der Waals surface area contributed by atoms with Crippen LogP contribution < -0.4 is 15.8 Å². The highest BCUT2D eigenvalue weighted by Crippen LogP contribution is 2.20. The molecule has 2 rings (SSSR count). The average Bonchev–Trinajstić information content (AvgIpc) is 2.59. The normalized spacial score (nSPS) is 11.8. The molecule has 26 heavy (non-hydrogen) atoms. The summed E-state index contributed by atoms with van der Waals surface area (Å²) in [6.45, 7) is 2.19.